The fraction of sp³-hybridized carbons (Fsp3) is 0.320. The summed E-state index contributed by atoms with van der Waals surface area (Å²) < 4.78 is 10.9. The fourth-order valence-electron chi connectivity index (χ4n) is 4.44. The highest BCUT2D eigenvalue weighted by Gasteiger charge is 2.25. The van der Waals surface area contributed by atoms with Gasteiger partial charge in [-0.1, -0.05) is 50.1 Å². The van der Waals surface area contributed by atoms with E-state index < -0.39 is 0 Å². The van der Waals surface area contributed by atoms with Crippen molar-refractivity contribution in [2.24, 2.45) is 0 Å². The number of nitrogens with one attached hydrogen (secondary N) is 1. The van der Waals surface area contributed by atoms with Gasteiger partial charge in [0.2, 0.25) is 0 Å². The first kappa shape index (κ1) is 19.3. The van der Waals surface area contributed by atoms with Crippen LogP contribution in [0.1, 0.15) is 53.9 Å². The van der Waals surface area contributed by atoms with Crippen LogP contribution in [0.3, 0.4) is 0 Å². The number of carbonyl (C=O) groups excluding carboxylic acids is 1. The van der Waals surface area contributed by atoms with Crippen molar-refractivity contribution < 1.29 is 14.3 Å². The average Bonchev–Trinajstić information content (AvgIpc) is 3.16. The third-order valence-electron chi connectivity index (χ3n) is 5.79. The van der Waals surface area contributed by atoms with E-state index in [4.69, 9.17) is 9.47 Å². The molecule has 29 heavy (non-hydrogen) atoms. The Morgan fingerprint density at radius 1 is 1.17 bits per heavy atom. The maximum absolute atomic E-state index is 12.0. The normalized spacial score (nSPS) is 14.7. The monoisotopic (exact) mass is 389 g/mol. The molecule has 0 amide bonds. The van der Waals surface area contributed by atoms with E-state index in [9.17, 15) is 4.79 Å². The maximum Gasteiger partial charge on any atom is 0.337 e. The highest BCUT2D eigenvalue weighted by atomic mass is 16.5. The summed E-state index contributed by atoms with van der Waals surface area (Å²) >= 11 is 0. The molecule has 0 atom stereocenters. The topological polar surface area (TPSA) is 51.3 Å². The zero-order chi connectivity index (χ0) is 20.2. The molecular formula is C25H27NO3. The van der Waals surface area contributed by atoms with E-state index in [2.05, 4.69) is 23.7 Å². The number of carbonyl (C=O) groups is 1. The van der Waals surface area contributed by atoms with Gasteiger partial charge in [-0.3, -0.25) is 0 Å². The number of rotatable bonds is 6. The van der Waals surface area contributed by atoms with E-state index >= 15 is 0 Å². The molecule has 4 nitrogen and oxygen atoms in total. The second-order valence-corrected chi connectivity index (χ2v) is 7.60. The fourth-order valence-corrected chi connectivity index (χ4v) is 4.44. The van der Waals surface area contributed by atoms with Crippen LogP contribution < -0.4 is 4.74 Å². The second-order valence-electron chi connectivity index (χ2n) is 7.60. The van der Waals surface area contributed by atoms with Gasteiger partial charge in [0.05, 0.1) is 18.4 Å². The van der Waals surface area contributed by atoms with Crippen molar-refractivity contribution >= 4 is 16.9 Å². The Kier molecular flexibility index (Phi) is 5.70. The Morgan fingerprint density at radius 3 is 2.72 bits per heavy atom. The average molecular weight is 389 g/mol. The van der Waals surface area contributed by atoms with Gasteiger partial charge in [-0.05, 0) is 48.6 Å². The van der Waals surface area contributed by atoms with Gasteiger partial charge >= 0.3 is 5.97 Å². The zero-order valence-corrected chi connectivity index (χ0v) is 16.9. The molecular weight excluding hydrogens is 362 g/mol. The molecule has 1 fully saturated rings. The lowest BCUT2D eigenvalue weighted by molar-refractivity contribution is 0.0601. The standard InChI is InChI=1S/C25H27NO3/c1-3-15-29-22-12-8-7-11-20(22)24-23(17-9-5-4-6-10-17)19-14-13-18(25(27)28-2)16-21(19)26-24/h3,7-8,11-14,16-17,26H,1,4-6,9-10,15H2,2H3. The lowest BCUT2D eigenvalue weighted by Crippen LogP contribution is -2.06. The van der Waals surface area contributed by atoms with Gasteiger partial charge in [0.25, 0.3) is 0 Å². The predicted molar refractivity (Wildman–Crippen MR) is 117 cm³/mol. The third kappa shape index (κ3) is 3.80. The molecule has 150 valence electrons. The smallest absolute Gasteiger partial charge is 0.337 e. The SMILES string of the molecule is C=CCOc1ccccc1-c1[nH]c2cc(C(=O)OC)ccc2c1C1CCCCC1. The van der Waals surface area contributed by atoms with Crippen LogP contribution >= 0.6 is 0 Å². The van der Waals surface area contributed by atoms with Gasteiger partial charge in [0.15, 0.2) is 0 Å². The number of H-pyrrole nitrogens is 1. The van der Waals surface area contributed by atoms with Crippen LogP contribution in [0.2, 0.25) is 0 Å². The summed E-state index contributed by atoms with van der Waals surface area (Å²) in [6.07, 6.45) is 7.95. The van der Waals surface area contributed by atoms with Crippen molar-refractivity contribution in [3.05, 3.63) is 66.2 Å². The van der Waals surface area contributed by atoms with Crippen LogP contribution in [-0.2, 0) is 4.74 Å². The number of ether oxygens (including phenoxy) is 2. The lowest BCUT2D eigenvalue weighted by atomic mass is 9.81. The number of para-hydroxylation sites is 1. The molecule has 1 saturated carbocycles. The highest BCUT2D eigenvalue weighted by molar-refractivity contribution is 5.98. The van der Waals surface area contributed by atoms with Crippen LogP contribution in [-0.4, -0.2) is 24.7 Å². The minimum atomic E-state index is -0.322. The predicted octanol–water partition coefficient (Wildman–Crippen LogP) is 6.23. The molecule has 0 spiro atoms. The number of fused-ring (bicyclic) bond motifs is 1. The van der Waals surface area contributed by atoms with Crippen molar-refractivity contribution in [2.45, 2.75) is 38.0 Å². The van der Waals surface area contributed by atoms with Gasteiger partial charge in [0, 0.05) is 16.5 Å². The van der Waals surface area contributed by atoms with Crippen LogP contribution in [0.5, 0.6) is 5.75 Å². The molecule has 2 aromatic carbocycles. The molecule has 0 radical (unpaired) electrons. The van der Waals surface area contributed by atoms with Crippen LogP contribution in [0, 0.1) is 0 Å². The van der Waals surface area contributed by atoms with Gasteiger partial charge < -0.3 is 14.5 Å². The largest absolute Gasteiger partial charge is 0.489 e. The first-order valence-electron chi connectivity index (χ1n) is 10.3. The van der Waals surface area contributed by atoms with E-state index in [1.165, 1.54) is 50.2 Å². The lowest BCUT2D eigenvalue weighted by Gasteiger charge is -2.23. The van der Waals surface area contributed by atoms with E-state index in [-0.39, 0.29) is 5.97 Å². The first-order valence-corrected chi connectivity index (χ1v) is 10.3. The molecule has 4 heteroatoms. The summed E-state index contributed by atoms with van der Waals surface area (Å²) in [7, 11) is 1.41. The first-order chi connectivity index (χ1) is 14.2. The van der Waals surface area contributed by atoms with Crippen LogP contribution in [0.25, 0.3) is 22.2 Å². The highest BCUT2D eigenvalue weighted by Crippen LogP contribution is 2.44. The summed E-state index contributed by atoms with van der Waals surface area (Å²) in [4.78, 5) is 15.6. The van der Waals surface area contributed by atoms with E-state index in [1.54, 1.807) is 6.08 Å². The second kappa shape index (κ2) is 8.56. The van der Waals surface area contributed by atoms with E-state index in [1.807, 2.05) is 30.3 Å². The molecule has 1 heterocycles. The number of hydrogen-bond acceptors (Lipinski definition) is 3. The van der Waals surface area contributed by atoms with Gasteiger partial charge in [-0.2, -0.15) is 0 Å². The minimum Gasteiger partial charge on any atom is -0.489 e. The Bertz CT molecular complexity index is 1030. The van der Waals surface area contributed by atoms with Crippen LogP contribution in [0.4, 0.5) is 0 Å². The van der Waals surface area contributed by atoms with E-state index in [0.717, 1.165) is 22.5 Å². The summed E-state index contributed by atoms with van der Waals surface area (Å²) in [5.41, 5.74) is 4.99. The number of aromatic nitrogens is 1. The van der Waals surface area contributed by atoms with Crippen molar-refractivity contribution in [3.63, 3.8) is 0 Å². The summed E-state index contributed by atoms with van der Waals surface area (Å²) in [5, 5.41) is 1.18. The van der Waals surface area contributed by atoms with Crippen LogP contribution in [0.15, 0.2) is 55.1 Å². The Labute approximate surface area is 171 Å². The molecule has 0 unspecified atom stereocenters. The summed E-state index contributed by atoms with van der Waals surface area (Å²) in [5.74, 6) is 1.02. The van der Waals surface area contributed by atoms with Gasteiger partial charge in [0.1, 0.15) is 12.4 Å². The number of hydrogen-bond donors (Lipinski definition) is 1. The minimum absolute atomic E-state index is 0.322. The Morgan fingerprint density at radius 2 is 1.97 bits per heavy atom. The van der Waals surface area contributed by atoms with Crippen molar-refractivity contribution in [1.29, 1.82) is 0 Å². The zero-order valence-electron chi connectivity index (χ0n) is 16.9. The molecule has 1 N–H and O–H groups in total. The quantitative estimate of drug-likeness (QED) is 0.401. The van der Waals surface area contributed by atoms with Crippen molar-refractivity contribution in [1.82, 2.24) is 4.98 Å². The Balaban J connectivity index is 1.90. The molecule has 0 aliphatic heterocycles. The molecule has 4 rings (SSSR count). The number of esters is 1. The molecule has 1 aromatic heterocycles. The molecule has 0 saturated heterocycles. The number of aromatic amines is 1. The van der Waals surface area contributed by atoms with Gasteiger partial charge in [-0.15, -0.1) is 0 Å². The molecule has 0 bridgehead atoms. The Hall–Kier alpha value is -3.01. The van der Waals surface area contributed by atoms with Crippen molar-refractivity contribution in [2.75, 3.05) is 13.7 Å². The number of benzene rings is 2. The molecule has 3 aromatic rings. The van der Waals surface area contributed by atoms with E-state index in [0.29, 0.717) is 18.1 Å². The van der Waals surface area contributed by atoms with Gasteiger partial charge in [-0.25, -0.2) is 4.79 Å². The summed E-state index contributed by atoms with van der Waals surface area (Å²) in [6.45, 7) is 4.22. The molecule has 1 aliphatic rings. The summed E-state index contributed by atoms with van der Waals surface area (Å²) in [6, 6.07) is 13.9. The van der Waals surface area contributed by atoms with Crippen molar-refractivity contribution in [3.8, 4) is 17.0 Å². The third-order valence-corrected chi connectivity index (χ3v) is 5.79. The molecule has 1 aliphatic carbocycles. The maximum atomic E-state index is 12.0. The number of methoxy groups -OCH3 is 1.